The topological polar surface area (TPSA) is 86.5 Å². The molecule has 88 valence electrons. The summed E-state index contributed by atoms with van der Waals surface area (Å²) >= 11 is 0. The molecule has 5 nitrogen and oxygen atoms in total. The minimum absolute atomic E-state index is 0.115. The SMILES string of the molecule is CCOC(=O)CS(=O)(=O)CC(N)C1CC1. The Kier molecular flexibility index (Phi) is 4.10. The summed E-state index contributed by atoms with van der Waals surface area (Å²) in [7, 11) is -3.41. The van der Waals surface area contributed by atoms with E-state index >= 15 is 0 Å². The first kappa shape index (κ1) is 12.4. The van der Waals surface area contributed by atoms with E-state index in [1.807, 2.05) is 0 Å². The Hall–Kier alpha value is -0.620. The number of sulfone groups is 1. The van der Waals surface area contributed by atoms with Gasteiger partial charge in [-0.3, -0.25) is 4.79 Å². The predicted molar refractivity (Wildman–Crippen MR) is 56.0 cm³/mol. The maximum Gasteiger partial charge on any atom is 0.321 e. The molecule has 0 aromatic carbocycles. The molecule has 0 bridgehead atoms. The lowest BCUT2D eigenvalue weighted by molar-refractivity contribution is -0.139. The van der Waals surface area contributed by atoms with Gasteiger partial charge < -0.3 is 10.5 Å². The molecule has 15 heavy (non-hydrogen) atoms. The average Bonchev–Trinajstić information content (AvgIpc) is 2.82. The molecular weight excluding hydrogens is 218 g/mol. The average molecular weight is 235 g/mol. The molecule has 1 saturated carbocycles. The minimum atomic E-state index is -3.41. The highest BCUT2D eigenvalue weighted by molar-refractivity contribution is 7.92. The molecule has 0 amide bonds. The number of hydrogen-bond acceptors (Lipinski definition) is 5. The van der Waals surface area contributed by atoms with E-state index in [1.165, 1.54) is 0 Å². The van der Waals surface area contributed by atoms with E-state index in [9.17, 15) is 13.2 Å². The van der Waals surface area contributed by atoms with Crippen LogP contribution in [0, 0.1) is 5.92 Å². The molecule has 0 aromatic heterocycles. The van der Waals surface area contributed by atoms with Gasteiger partial charge in [0, 0.05) is 6.04 Å². The van der Waals surface area contributed by atoms with Crippen molar-refractivity contribution in [2.75, 3.05) is 18.1 Å². The Balaban J connectivity index is 2.40. The fourth-order valence-corrected chi connectivity index (χ4v) is 2.81. The van der Waals surface area contributed by atoms with Gasteiger partial charge in [0.2, 0.25) is 0 Å². The molecule has 1 unspecified atom stereocenters. The molecule has 0 radical (unpaired) electrons. The van der Waals surface area contributed by atoms with Crippen molar-refractivity contribution >= 4 is 15.8 Å². The lowest BCUT2D eigenvalue weighted by Gasteiger charge is -2.10. The number of carbonyl (C=O) groups excluding carboxylic acids is 1. The van der Waals surface area contributed by atoms with Gasteiger partial charge in [-0.05, 0) is 25.7 Å². The Morgan fingerprint density at radius 1 is 1.53 bits per heavy atom. The Morgan fingerprint density at radius 2 is 2.13 bits per heavy atom. The molecule has 2 N–H and O–H groups in total. The van der Waals surface area contributed by atoms with Crippen LogP contribution in [0.1, 0.15) is 19.8 Å². The van der Waals surface area contributed by atoms with Crippen LogP contribution in [0.2, 0.25) is 0 Å². The zero-order chi connectivity index (χ0) is 11.5. The van der Waals surface area contributed by atoms with Crippen LogP contribution >= 0.6 is 0 Å². The summed E-state index contributed by atoms with van der Waals surface area (Å²) in [6.45, 7) is 1.84. The third-order valence-corrected chi connectivity index (χ3v) is 3.89. The summed E-state index contributed by atoms with van der Waals surface area (Å²) in [5, 5.41) is 0. The van der Waals surface area contributed by atoms with Crippen LogP contribution in [-0.2, 0) is 19.4 Å². The molecule has 1 atom stereocenters. The van der Waals surface area contributed by atoms with Crippen LogP contribution in [0.3, 0.4) is 0 Å². The standard InChI is InChI=1S/C9H17NO4S/c1-2-14-9(11)6-15(12,13)5-8(10)7-3-4-7/h7-8H,2-6,10H2,1H3. The first-order chi connectivity index (χ1) is 6.94. The van der Waals surface area contributed by atoms with Crippen LogP contribution in [0.5, 0.6) is 0 Å². The predicted octanol–water partition coefficient (Wildman–Crippen LogP) is -0.298. The maximum absolute atomic E-state index is 11.5. The van der Waals surface area contributed by atoms with Crippen LogP contribution in [-0.4, -0.2) is 38.5 Å². The summed E-state index contributed by atoms with van der Waals surface area (Å²) in [6.07, 6.45) is 1.99. The van der Waals surface area contributed by atoms with Gasteiger partial charge in [-0.1, -0.05) is 0 Å². The van der Waals surface area contributed by atoms with Crippen LogP contribution in [0.4, 0.5) is 0 Å². The van der Waals surface area contributed by atoms with E-state index in [-0.39, 0.29) is 18.4 Å². The van der Waals surface area contributed by atoms with Gasteiger partial charge in [0.1, 0.15) is 5.75 Å². The highest BCUT2D eigenvalue weighted by atomic mass is 32.2. The summed E-state index contributed by atoms with van der Waals surface area (Å²) < 4.78 is 27.5. The largest absolute Gasteiger partial charge is 0.465 e. The third-order valence-electron chi connectivity index (χ3n) is 2.32. The fraction of sp³-hybridized carbons (Fsp3) is 0.889. The van der Waals surface area contributed by atoms with Gasteiger partial charge in [-0.15, -0.1) is 0 Å². The number of rotatable bonds is 6. The van der Waals surface area contributed by atoms with Crippen molar-refractivity contribution in [2.45, 2.75) is 25.8 Å². The molecule has 0 saturated heterocycles. The lowest BCUT2D eigenvalue weighted by Crippen LogP contribution is -2.34. The first-order valence-corrected chi connectivity index (χ1v) is 6.88. The van der Waals surface area contributed by atoms with Gasteiger partial charge in [-0.25, -0.2) is 8.42 Å². The highest BCUT2D eigenvalue weighted by Gasteiger charge is 2.32. The minimum Gasteiger partial charge on any atom is -0.465 e. The van der Waals surface area contributed by atoms with Crippen molar-refractivity contribution in [3.63, 3.8) is 0 Å². The zero-order valence-electron chi connectivity index (χ0n) is 8.81. The molecule has 1 aliphatic carbocycles. The maximum atomic E-state index is 11.5. The molecule has 1 fully saturated rings. The highest BCUT2D eigenvalue weighted by Crippen LogP contribution is 2.32. The normalized spacial score (nSPS) is 18.5. The summed E-state index contributed by atoms with van der Waals surface area (Å²) in [5.41, 5.74) is 5.68. The fourth-order valence-electron chi connectivity index (χ4n) is 1.39. The molecule has 0 aromatic rings. The molecule has 0 spiro atoms. The first-order valence-electron chi connectivity index (χ1n) is 5.06. The van der Waals surface area contributed by atoms with Crippen LogP contribution in [0.15, 0.2) is 0 Å². The number of hydrogen-bond donors (Lipinski definition) is 1. The number of esters is 1. The van der Waals surface area contributed by atoms with E-state index in [0.717, 1.165) is 12.8 Å². The van der Waals surface area contributed by atoms with Gasteiger partial charge in [0.15, 0.2) is 9.84 Å². The monoisotopic (exact) mass is 235 g/mol. The van der Waals surface area contributed by atoms with Crippen LogP contribution < -0.4 is 5.73 Å². The molecular formula is C9H17NO4S. The van der Waals surface area contributed by atoms with Crippen molar-refractivity contribution < 1.29 is 17.9 Å². The molecule has 1 aliphatic rings. The van der Waals surface area contributed by atoms with Crippen molar-refractivity contribution in [3.05, 3.63) is 0 Å². The quantitative estimate of drug-likeness (QED) is 0.639. The van der Waals surface area contributed by atoms with Gasteiger partial charge in [-0.2, -0.15) is 0 Å². The molecule has 0 aliphatic heterocycles. The number of nitrogens with two attached hydrogens (primary N) is 1. The van der Waals surface area contributed by atoms with Crippen molar-refractivity contribution in [1.29, 1.82) is 0 Å². The van der Waals surface area contributed by atoms with Gasteiger partial charge in [0.25, 0.3) is 0 Å². The van der Waals surface area contributed by atoms with E-state index in [2.05, 4.69) is 4.74 Å². The molecule has 1 rings (SSSR count). The second-order valence-corrected chi connectivity index (χ2v) is 5.97. The van der Waals surface area contributed by atoms with Crippen LogP contribution in [0.25, 0.3) is 0 Å². The Bertz CT molecular complexity index is 321. The van der Waals surface area contributed by atoms with Crippen molar-refractivity contribution in [2.24, 2.45) is 11.7 Å². The lowest BCUT2D eigenvalue weighted by atomic mass is 10.2. The number of carbonyl (C=O) groups is 1. The Labute approximate surface area is 89.9 Å². The van der Waals surface area contributed by atoms with E-state index in [1.54, 1.807) is 6.92 Å². The van der Waals surface area contributed by atoms with Gasteiger partial charge in [0.05, 0.1) is 12.4 Å². The molecule has 6 heteroatoms. The summed E-state index contributed by atoms with van der Waals surface area (Å²) in [6, 6.07) is -0.329. The number of ether oxygens (including phenoxy) is 1. The molecule has 0 heterocycles. The van der Waals surface area contributed by atoms with Crippen molar-refractivity contribution in [3.8, 4) is 0 Å². The third kappa shape index (κ3) is 4.61. The van der Waals surface area contributed by atoms with E-state index in [0.29, 0.717) is 5.92 Å². The smallest absolute Gasteiger partial charge is 0.321 e. The van der Waals surface area contributed by atoms with Crippen molar-refractivity contribution in [1.82, 2.24) is 0 Å². The van der Waals surface area contributed by atoms with E-state index in [4.69, 9.17) is 5.73 Å². The summed E-state index contributed by atoms with van der Waals surface area (Å²) in [5.74, 6) is -1.04. The summed E-state index contributed by atoms with van der Waals surface area (Å²) in [4.78, 5) is 11.0. The second kappa shape index (κ2) is 4.94. The Morgan fingerprint density at radius 3 is 2.60 bits per heavy atom. The second-order valence-electron chi connectivity index (χ2n) is 3.86. The van der Waals surface area contributed by atoms with E-state index < -0.39 is 21.6 Å². The van der Waals surface area contributed by atoms with Gasteiger partial charge >= 0.3 is 5.97 Å². The zero-order valence-corrected chi connectivity index (χ0v) is 9.63.